The van der Waals surface area contributed by atoms with E-state index in [1.54, 1.807) is 12.1 Å². The van der Waals surface area contributed by atoms with Gasteiger partial charge in [0.2, 0.25) is 0 Å². The highest BCUT2D eigenvalue weighted by molar-refractivity contribution is 5.87. The van der Waals surface area contributed by atoms with Gasteiger partial charge in [-0.15, -0.1) is 0 Å². The summed E-state index contributed by atoms with van der Waals surface area (Å²) in [5.74, 6) is -0.241. The van der Waals surface area contributed by atoms with Crippen LogP contribution in [0.4, 0.5) is 0 Å². The lowest BCUT2D eigenvalue weighted by Crippen LogP contribution is -2.31. The normalized spacial score (nSPS) is 27.8. The highest BCUT2D eigenvalue weighted by Gasteiger charge is 2.35. The SMILES string of the molecule is O=C(O)c1ccc(C2CCN3CCCCCC23)cc1. The fraction of sp³-hybridized carbons (Fsp3) is 0.562. The number of fused-ring (bicyclic) bond motifs is 1. The van der Waals surface area contributed by atoms with Crippen molar-refractivity contribution in [3.05, 3.63) is 35.4 Å². The summed E-state index contributed by atoms with van der Waals surface area (Å²) in [5, 5.41) is 8.96. The lowest BCUT2D eigenvalue weighted by molar-refractivity contribution is 0.0697. The first-order chi connectivity index (χ1) is 9.25. The van der Waals surface area contributed by atoms with Crippen LogP contribution in [0.2, 0.25) is 0 Å². The van der Waals surface area contributed by atoms with Gasteiger partial charge in [0.1, 0.15) is 0 Å². The molecule has 2 fully saturated rings. The molecule has 0 bridgehead atoms. The second-order valence-corrected chi connectivity index (χ2v) is 5.77. The van der Waals surface area contributed by atoms with E-state index < -0.39 is 5.97 Å². The maximum atomic E-state index is 10.9. The first kappa shape index (κ1) is 12.7. The summed E-state index contributed by atoms with van der Waals surface area (Å²) >= 11 is 0. The van der Waals surface area contributed by atoms with Crippen molar-refractivity contribution >= 4 is 5.97 Å². The minimum Gasteiger partial charge on any atom is -0.478 e. The number of aromatic carboxylic acids is 1. The zero-order valence-electron chi connectivity index (χ0n) is 11.2. The van der Waals surface area contributed by atoms with Crippen LogP contribution in [0.3, 0.4) is 0 Å². The maximum Gasteiger partial charge on any atom is 0.335 e. The molecule has 3 nitrogen and oxygen atoms in total. The van der Waals surface area contributed by atoms with Gasteiger partial charge in [0.25, 0.3) is 0 Å². The maximum absolute atomic E-state index is 10.9. The minimum atomic E-state index is -0.839. The van der Waals surface area contributed by atoms with Crippen LogP contribution >= 0.6 is 0 Å². The molecule has 0 amide bonds. The molecule has 2 aliphatic rings. The molecule has 19 heavy (non-hydrogen) atoms. The van der Waals surface area contributed by atoms with E-state index >= 15 is 0 Å². The quantitative estimate of drug-likeness (QED) is 0.887. The van der Waals surface area contributed by atoms with Gasteiger partial charge in [0, 0.05) is 12.0 Å². The van der Waals surface area contributed by atoms with Crippen LogP contribution in [0.5, 0.6) is 0 Å². The first-order valence-electron chi connectivity index (χ1n) is 7.33. The fourth-order valence-electron chi connectivity index (χ4n) is 3.69. The van der Waals surface area contributed by atoms with Gasteiger partial charge in [0.15, 0.2) is 0 Å². The molecule has 2 atom stereocenters. The minimum absolute atomic E-state index is 0.388. The van der Waals surface area contributed by atoms with Crippen LogP contribution < -0.4 is 0 Å². The lowest BCUT2D eigenvalue weighted by Gasteiger charge is -2.26. The molecule has 0 aliphatic carbocycles. The number of carbonyl (C=O) groups is 1. The standard InChI is InChI=1S/C16H21NO2/c18-16(19)13-7-5-12(6-8-13)14-9-11-17-10-3-1-2-4-15(14)17/h5-8,14-15H,1-4,9-11H2,(H,18,19). The molecule has 2 aliphatic heterocycles. The van der Waals surface area contributed by atoms with Crippen LogP contribution in [0.25, 0.3) is 0 Å². The van der Waals surface area contributed by atoms with Crippen LogP contribution in [-0.2, 0) is 0 Å². The predicted octanol–water partition coefficient (Wildman–Crippen LogP) is 3.12. The third-order valence-electron chi connectivity index (χ3n) is 4.69. The number of carboxylic acids is 1. The fourth-order valence-corrected chi connectivity index (χ4v) is 3.69. The molecule has 0 radical (unpaired) electrons. The number of hydrogen-bond acceptors (Lipinski definition) is 2. The van der Waals surface area contributed by atoms with Gasteiger partial charge >= 0.3 is 5.97 Å². The third kappa shape index (κ3) is 2.52. The monoisotopic (exact) mass is 259 g/mol. The Morgan fingerprint density at radius 3 is 2.58 bits per heavy atom. The second kappa shape index (κ2) is 5.33. The molecule has 0 saturated carbocycles. The average molecular weight is 259 g/mol. The zero-order chi connectivity index (χ0) is 13.2. The number of rotatable bonds is 2. The highest BCUT2D eigenvalue weighted by Crippen LogP contribution is 2.37. The molecule has 102 valence electrons. The number of carboxylic acid groups (broad SMARTS) is 1. The van der Waals surface area contributed by atoms with Crippen molar-refractivity contribution in [1.82, 2.24) is 4.90 Å². The van der Waals surface area contributed by atoms with Crippen LogP contribution in [0, 0.1) is 0 Å². The summed E-state index contributed by atoms with van der Waals surface area (Å²) < 4.78 is 0. The van der Waals surface area contributed by atoms with E-state index in [0.717, 1.165) is 0 Å². The topological polar surface area (TPSA) is 40.5 Å². The van der Waals surface area contributed by atoms with E-state index in [9.17, 15) is 4.79 Å². The molecule has 1 aromatic carbocycles. The van der Waals surface area contributed by atoms with Gasteiger partial charge in [-0.2, -0.15) is 0 Å². The Morgan fingerprint density at radius 1 is 1.05 bits per heavy atom. The molecule has 3 heteroatoms. The molecule has 3 rings (SSSR count). The Balaban J connectivity index is 1.79. The predicted molar refractivity (Wildman–Crippen MR) is 74.6 cm³/mol. The van der Waals surface area contributed by atoms with Gasteiger partial charge in [-0.05, 0) is 50.0 Å². The Labute approximate surface area is 114 Å². The summed E-state index contributed by atoms with van der Waals surface area (Å²) in [6.07, 6.45) is 6.55. The van der Waals surface area contributed by atoms with Crippen molar-refractivity contribution < 1.29 is 9.90 Å². The number of nitrogens with zero attached hydrogens (tertiary/aromatic N) is 1. The molecule has 0 aromatic heterocycles. The smallest absolute Gasteiger partial charge is 0.335 e. The Hall–Kier alpha value is -1.35. The van der Waals surface area contributed by atoms with Crippen LogP contribution in [0.15, 0.2) is 24.3 Å². The summed E-state index contributed by atoms with van der Waals surface area (Å²) in [5.41, 5.74) is 1.71. The lowest BCUT2D eigenvalue weighted by atomic mass is 9.89. The van der Waals surface area contributed by atoms with E-state index in [1.165, 1.54) is 50.8 Å². The van der Waals surface area contributed by atoms with E-state index in [1.807, 2.05) is 12.1 Å². The van der Waals surface area contributed by atoms with Gasteiger partial charge < -0.3 is 5.11 Å². The van der Waals surface area contributed by atoms with Crippen LogP contribution in [0.1, 0.15) is 53.9 Å². The van der Waals surface area contributed by atoms with Gasteiger partial charge in [0.05, 0.1) is 5.56 Å². The first-order valence-corrected chi connectivity index (χ1v) is 7.33. The molecular formula is C16H21NO2. The molecule has 1 aromatic rings. The molecule has 0 spiro atoms. The largest absolute Gasteiger partial charge is 0.478 e. The average Bonchev–Trinajstić information content (AvgIpc) is 2.68. The van der Waals surface area contributed by atoms with Crippen molar-refractivity contribution in [2.24, 2.45) is 0 Å². The molecule has 1 N–H and O–H groups in total. The van der Waals surface area contributed by atoms with Crippen molar-refractivity contribution in [1.29, 1.82) is 0 Å². The van der Waals surface area contributed by atoms with E-state index in [0.29, 0.717) is 17.5 Å². The van der Waals surface area contributed by atoms with Gasteiger partial charge in [-0.1, -0.05) is 25.0 Å². The molecule has 2 unspecified atom stereocenters. The van der Waals surface area contributed by atoms with E-state index in [2.05, 4.69) is 4.90 Å². The Kier molecular flexibility index (Phi) is 3.56. The Morgan fingerprint density at radius 2 is 1.84 bits per heavy atom. The summed E-state index contributed by atoms with van der Waals surface area (Å²) in [6, 6.07) is 8.21. The number of benzene rings is 1. The van der Waals surface area contributed by atoms with Crippen molar-refractivity contribution in [3.8, 4) is 0 Å². The van der Waals surface area contributed by atoms with Crippen molar-refractivity contribution in [2.45, 2.75) is 44.1 Å². The van der Waals surface area contributed by atoms with Gasteiger partial charge in [-0.3, -0.25) is 4.90 Å². The second-order valence-electron chi connectivity index (χ2n) is 5.77. The summed E-state index contributed by atoms with van der Waals surface area (Å²) in [4.78, 5) is 13.5. The molecular weight excluding hydrogens is 238 g/mol. The zero-order valence-corrected chi connectivity index (χ0v) is 11.2. The summed E-state index contributed by atoms with van der Waals surface area (Å²) in [6.45, 7) is 2.45. The van der Waals surface area contributed by atoms with E-state index in [4.69, 9.17) is 5.11 Å². The molecule has 2 saturated heterocycles. The third-order valence-corrected chi connectivity index (χ3v) is 4.69. The van der Waals surface area contributed by atoms with E-state index in [-0.39, 0.29) is 0 Å². The number of hydrogen-bond donors (Lipinski definition) is 1. The Bertz CT molecular complexity index is 454. The van der Waals surface area contributed by atoms with Crippen molar-refractivity contribution in [2.75, 3.05) is 13.1 Å². The van der Waals surface area contributed by atoms with Crippen LogP contribution in [-0.4, -0.2) is 35.1 Å². The molecule has 2 heterocycles. The van der Waals surface area contributed by atoms with Gasteiger partial charge in [-0.25, -0.2) is 4.79 Å². The highest BCUT2D eigenvalue weighted by atomic mass is 16.4. The summed E-state index contributed by atoms with van der Waals surface area (Å²) in [7, 11) is 0. The van der Waals surface area contributed by atoms with Crippen molar-refractivity contribution in [3.63, 3.8) is 0 Å².